The van der Waals surface area contributed by atoms with Gasteiger partial charge in [0.1, 0.15) is 0 Å². The van der Waals surface area contributed by atoms with Crippen LogP contribution in [0.5, 0.6) is 0 Å². The molecule has 0 aromatic heterocycles. The van der Waals surface area contributed by atoms with Gasteiger partial charge in [-0.2, -0.15) is 0 Å². The van der Waals surface area contributed by atoms with E-state index in [4.69, 9.17) is 8.06 Å². The van der Waals surface area contributed by atoms with E-state index in [1.54, 1.807) is 0 Å². The summed E-state index contributed by atoms with van der Waals surface area (Å²) in [6.07, 6.45) is 58.0. The van der Waals surface area contributed by atoms with Gasteiger partial charge in [-0.15, -0.1) is 0 Å². The molecule has 7 heteroatoms. The molecule has 0 amide bonds. The summed E-state index contributed by atoms with van der Waals surface area (Å²) in [7, 11) is 0. The van der Waals surface area contributed by atoms with E-state index in [9.17, 15) is 14.4 Å². The topological polar surface area (TPSA) is 78.9 Å². The summed E-state index contributed by atoms with van der Waals surface area (Å²) >= 11 is -4.23. The van der Waals surface area contributed by atoms with Gasteiger partial charge in [-0.3, -0.25) is 0 Å². The number of unbranched alkanes of at least 4 members (excludes halogenated alkanes) is 42. The minimum Gasteiger partial charge on any atom is -0.0654 e. The van der Waals surface area contributed by atoms with Crippen LogP contribution in [0.4, 0.5) is 0 Å². The predicted molar refractivity (Wildman–Crippen MR) is 263 cm³/mol. The van der Waals surface area contributed by atoms with Gasteiger partial charge in [0.05, 0.1) is 0 Å². The third kappa shape index (κ3) is 50.2. The summed E-state index contributed by atoms with van der Waals surface area (Å²) in [4.78, 5) is 38.4. The molecule has 0 aromatic rings. The van der Waals surface area contributed by atoms with Crippen molar-refractivity contribution in [1.82, 2.24) is 0 Å². The van der Waals surface area contributed by atoms with Crippen molar-refractivity contribution in [3.8, 4) is 0 Å². The third-order valence-electron chi connectivity index (χ3n) is 12.6. The van der Waals surface area contributed by atoms with Crippen molar-refractivity contribution in [3.05, 3.63) is 0 Å². The fourth-order valence-corrected chi connectivity index (χ4v) is 12.9. The number of carbonyl (C=O) groups is 3. The van der Waals surface area contributed by atoms with Crippen molar-refractivity contribution in [2.24, 2.45) is 0 Å². The molecule has 0 aromatic carbocycles. The molecule has 0 fully saturated rings. The molecule has 0 radical (unpaired) electrons. The SMILES string of the molecule is CCCCCCCCCCCCCCCCCC(=O)[O][Tl]([O]C(=O)CCCCCCCCCCCCCCCCC)[O]C(=O)CCCCCCCCCCCCCCCCC. The molecule has 0 aliphatic rings. The maximum absolute atomic E-state index is 12.8. The molecule has 0 aliphatic heterocycles. The average Bonchev–Trinajstić information content (AvgIpc) is 3.25. The average molecular weight is 1050 g/mol. The van der Waals surface area contributed by atoms with Gasteiger partial charge in [0, 0.05) is 0 Å². The van der Waals surface area contributed by atoms with Crippen molar-refractivity contribution < 1.29 is 22.4 Å². The summed E-state index contributed by atoms with van der Waals surface area (Å²) < 4.78 is 17.0. The minimum atomic E-state index is -4.23. The normalized spacial score (nSPS) is 11.3. The van der Waals surface area contributed by atoms with E-state index in [0.29, 0.717) is 19.3 Å². The van der Waals surface area contributed by atoms with Crippen molar-refractivity contribution in [2.45, 2.75) is 329 Å². The molecule has 0 spiro atoms. The van der Waals surface area contributed by atoms with Crippen molar-refractivity contribution in [2.75, 3.05) is 0 Å². The zero-order valence-corrected chi connectivity index (χ0v) is 46.0. The molecule has 0 unspecified atom stereocenters. The molecule has 61 heavy (non-hydrogen) atoms. The van der Waals surface area contributed by atoms with Crippen LogP contribution in [0.3, 0.4) is 0 Å². The van der Waals surface area contributed by atoms with Crippen LogP contribution in [0.25, 0.3) is 0 Å². The number of hydrogen-bond acceptors (Lipinski definition) is 6. The molecule has 0 N–H and O–H groups in total. The van der Waals surface area contributed by atoms with E-state index < -0.39 is 24.1 Å². The Balaban J connectivity index is 4.31. The van der Waals surface area contributed by atoms with Crippen LogP contribution >= 0.6 is 0 Å². The van der Waals surface area contributed by atoms with Crippen LogP contribution in [0.1, 0.15) is 329 Å². The zero-order valence-electron chi connectivity index (χ0n) is 41.5. The number of carbonyl (C=O) groups excluding carboxylic acids is 3. The second kappa shape index (κ2) is 52.0. The van der Waals surface area contributed by atoms with Gasteiger partial charge in [0.15, 0.2) is 0 Å². The first-order valence-electron chi connectivity index (χ1n) is 27.6. The first-order chi connectivity index (χ1) is 30.0. The van der Waals surface area contributed by atoms with E-state index in [1.165, 1.54) is 231 Å². The Labute approximate surface area is 391 Å². The zero-order chi connectivity index (χ0) is 44.4. The van der Waals surface area contributed by atoms with Crippen molar-refractivity contribution in [1.29, 1.82) is 0 Å². The van der Waals surface area contributed by atoms with Gasteiger partial charge in [-0.05, 0) is 0 Å². The van der Waals surface area contributed by atoms with Crippen LogP contribution in [0.15, 0.2) is 0 Å². The van der Waals surface area contributed by atoms with Crippen LogP contribution in [-0.4, -0.2) is 42.0 Å². The summed E-state index contributed by atoms with van der Waals surface area (Å²) in [5.74, 6) is -1.12. The predicted octanol–water partition coefficient (Wildman–Crippen LogP) is 18.4. The Morgan fingerprint density at radius 3 is 0.508 bits per heavy atom. The van der Waals surface area contributed by atoms with E-state index in [1.807, 2.05) is 0 Å². The number of hydrogen-bond donors (Lipinski definition) is 0. The summed E-state index contributed by atoms with van der Waals surface area (Å²) in [6, 6.07) is 0. The molecule has 0 bridgehead atoms. The summed E-state index contributed by atoms with van der Waals surface area (Å²) in [5, 5.41) is 0. The molecule has 0 saturated heterocycles. The van der Waals surface area contributed by atoms with Gasteiger partial charge in [0.25, 0.3) is 0 Å². The minimum absolute atomic E-state index is 0.294. The monoisotopic (exact) mass is 1050 g/mol. The van der Waals surface area contributed by atoms with E-state index in [0.717, 1.165) is 57.8 Å². The molecular weight excluding hydrogens is 949 g/mol. The molecule has 0 saturated carbocycles. The van der Waals surface area contributed by atoms with Crippen LogP contribution < -0.4 is 0 Å². The Morgan fingerprint density at radius 1 is 0.230 bits per heavy atom. The van der Waals surface area contributed by atoms with Crippen LogP contribution in [0, 0.1) is 0 Å². The second-order valence-corrected chi connectivity index (χ2v) is 23.9. The van der Waals surface area contributed by atoms with E-state index in [2.05, 4.69) is 20.8 Å². The first kappa shape index (κ1) is 60.3. The number of rotatable bonds is 51. The van der Waals surface area contributed by atoms with Gasteiger partial charge in [-0.1, -0.05) is 136 Å². The van der Waals surface area contributed by atoms with Crippen molar-refractivity contribution in [3.63, 3.8) is 0 Å². The molecular formula is C54H105O6Tl. The molecule has 0 atom stereocenters. The quantitative estimate of drug-likeness (QED) is 0.0446. The fourth-order valence-electron chi connectivity index (χ4n) is 8.49. The van der Waals surface area contributed by atoms with Gasteiger partial charge in [0.2, 0.25) is 0 Å². The molecule has 0 heterocycles. The molecule has 6 nitrogen and oxygen atoms in total. The Hall–Kier alpha value is -0.668. The summed E-state index contributed by atoms with van der Waals surface area (Å²) in [5.41, 5.74) is 0. The van der Waals surface area contributed by atoms with E-state index >= 15 is 0 Å². The van der Waals surface area contributed by atoms with Gasteiger partial charge in [-0.25, -0.2) is 0 Å². The second-order valence-electron chi connectivity index (χ2n) is 18.9. The van der Waals surface area contributed by atoms with Gasteiger partial charge >= 0.3 is 257 Å². The summed E-state index contributed by atoms with van der Waals surface area (Å²) in [6.45, 7) is 6.82. The van der Waals surface area contributed by atoms with Gasteiger partial charge < -0.3 is 0 Å². The molecule has 0 aliphatic carbocycles. The Kier molecular flexibility index (Phi) is 51.4. The fraction of sp³-hybridized carbons (Fsp3) is 0.944. The Bertz CT molecular complexity index is 798. The molecule has 360 valence electrons. The molecule has 0 rings (SSSR count). The van der Waals surface area contributed by atoms with Crippen LogP contribution in [-0.2, 0) is 22.4 Å². The van der Waals surface area contributed by atoms with E-state index in [-0.39, 0.29) is 17.9 Å². The Morgan fingerprint density at radius 2 is 0.361 bits per heavy atom. The van der Waals surface area contributed by atoms with Crippen LogP contribution in [0.2, 0.25) is 0 Å². The first-order valence-corrected chi connectivity index (χ1v) is 33.1. The smallest absolute Gasteiger partial charge is 0.0654 e. The standard InChI is InChI=1S/3C18H36O2.Tl/c3*1-2-3-4-5-6-7-8-9-10-11-12-13-14-15-16-17-18(19)20;/h3*2-17H2,1H3,(H,19,20);/q;;;+3/p-3. The third-order valence-corrected chi connectivity index (χ3v) is 17.9. The maximum atomic E-state index is 12.8. The van der Waals surface area contributed by atoms with Crippen molar-refractivity contribution >= 4 is 42.0 Å².